The van der Waals surface area contributed by atoms with Gasteiger partial charge >= 0.3 is 0 Å². The highest BCUT2D eigenvalue weighted by Crippen LogP contribution is 2.21. The molecule has 0 spiro atoms. The Bertz CT molecular complexity index is 634. The molecule has 0 saturated carbocycles. The molecule has 0 aliphatic carbocycles. The van der Waals surface area contributed by atoms with E-state index in [1.165, 1.54) is 23.9 Å². The minimum absolute atomic E-state index is 0.115. The largest absolute Gasteiger partial charge is 0.351 e. The Morgan fingerprint density at radius 1 is 1.14 bits per heavy atom. The first-order valence-electron chi connectivity index (χ1n) is 6.13. The fraction of sp³-hybridized carbons (Fsp3) is 0.133. The molecule has 0 unspecified atom stereocenters. The van der Waals surface area contributed by atoms with Crippen LogP contribution < -0.4 is 5.32 Å². The summed E-state index contributed by atoms with van der Waals surface area (Å²) < 4.78 is 12.7. The molecule has 110 valence electrons. The van der Waals surface area contributed by atoms with Crippen molar-refractivity contribution in [1.82, 2.24) is 5.32 Å². The average Bonchev–Trinajstić information content (AvgIpc) is 2.46. The lowest BCUT2D eigenvalue weighted by Crippen LogP contribution is -2.24. The summed E-state index contributed by atoms with van der Waals surface area (Å²) in [5.41, 5.74) is 0.807. The number of hydrogen-bond donors (Lipinski definition) is 1. The smallest absolute Gasteiger partial charge is 0.230 e. The molecular formula is C15H12Cl2FNOS. The summed E-state index contributed by atoms with van der Waals surface area (Å²) in [7, 11) is 0. The summed E-state index contributed by atoms with van der Waals surface area (Å²) in [4.78, 5) is 12.6. The third-order valence-corrected chi connectivity index (χ3v) is 4.27. The first-order valence-corrected chi connectivity index (χ1v) is 7.88. The number of halogens is 3. The molecule has 0 fully saturated rings. The van der Waals surface area contributed by atoms with Crippen molar-refractivity contribution in [1.29, 1.82) is 0 Å². The van der Waals surface area contributed by atoms with Crippen molar-refractivity contribution in [2.75, 3.05) is 5.75 Å². The maximum atomic E-state index is 12.7. The highest BCUT2D eigenvalue weighted by Gasteiger charge is 2.06. The van der Waals surface area contributed by atoms with Gasteiger partial charge in [0.25, 0.3) is 0 Å². The van der Waals surface area contributed by atoms with Gasteiger partial charge in [0.2, 0.25) is 5.91 Å². The topological polar surface area (TPSA) is 29.1 Å². The summed E-state index contributed by atoms with van der Waals surface area (Å²) in [5.74, 6) is -0.145. The second kappa shape index (κ2) is 7.69. The maximum Gasteiger partial charge on any atom is 0.230 e. The van der Waals surface area contributed by atoms with Crippen molar-refractivity contribution in [2.24, 2.45) is 0 Å². The van der Waals surface area contributed by atoms with Crippen molar-refractivity contribution >= 4 is 40.9 Å². The van der Waals surface area contributed by atoms with Gasteiger partial charge in [-0.15, -0.1) is 11.8 Å². The lowest BCUT2D eigenvalue weighted by atomic mass is 10.2. The van der Waals surface area contributed by atoms with Crippen molar-refractivity contribution < 1.29 is 9.18 Å². The number of rotatable bonds is 5. The van der Waals surface area contributed by atoms with E-state index in [0.717, 1.165) is 10.5 Å². The van der Waals surface area contributed by atoms with Crippen LogP contribution in [0, 0.1) is 5.82 Å². The van der Waals surface area contributed by atoms with Crippen molar-refractivity contribution in [3.63, 3.8) is 0 Å². The van der Waals surface area contributed by atoms with Gasteiger partial charge in [-0.1, -0.05) is 29.3 Å². The number of hydrogen-bond acceptors (Lipinski definition) is 2. The summed E-state index contributed by atoms with van der Waals surface area (Å²) in [5, 5.41) is 3.86. The standard InChI is InChI=1S/C15H12Cl2FNOS/c16-11-2-1-10(14(17)7-11)8-19-15(20)9-21-13-5-3-12(18)4-6-13/h1-7H,8-9H2,(H,19,20). The minimum Gasteiger partial charge on any atom is -0.351 e. The van der Waals surface area contributed by atoms with Gasteiger partial charge in [-0.05, 0) is 42.0 Å². The van der Waals surface area contributed by atoms with Crippen molar-refractivity contribution in [3.05, 3.63) is 63.9 Å². The molecule has 2 aromatic carbocycles. The number of carbonyl (C=O) groups excluding carboxylic acids is 1. The summed E-state index contributed by atoms with van der Waals surface area (Å²) in [6, 6.07) is 11.2. The third kappa shape index (κ3) is 5.23. The van der Waals surface area contributed by atoms with Crippen LogP contribution in [0.25, 0.3) is 0 Å². The molecule has 0 heterocycles. The molecule has 2 nitrogen and oxygen atoms in total. The molecule has 0 aliphatic heterocycles. The predicted molar refractivity (Wildman–Crippen MR) is 85.4 cm³/mol. The summed E-state index contributed by atoms with van der Waals surface area (Å²) >= 11 is 13.2. The van der Waals surface area contributed by atoms with E-state index in [2.05, 4.69) is 5.32 Å². The van der Waals surface area contributed by atoms with Crippen molar-refractivity contribution in [2.45, 2.75) is 11.4 Å². The normalized spacial score (nSPS) is 10.4. The first-order chi connectivity index (χ1) is 10.0. The lowest BCUT2D eigenvalue weighted by Gasteiger charge is -2.07. The van der Waals surface area contributed by atoms with Gasteiger partial charge < -0.3 is 5.32 Å². The molecule has 0 aliphatic rings. The molecule has 0 saturated heterocycles. The number of nitrogens with one attached hydrogen (secondary N) is 1. The third-order valence-electron chi connectivity index (χ3n) is 2.67. The second-order valence-electron chi connectivity index (χ2n) is 4.26. The van der Waals surface area contributed by atoms with Crippen LogP contribution in [-0.4, -0.2) is 11.7 Å². The number of amides is 1. The molecule has 0 atom stereocenters. The van der Waals surface area contributed by atoms with E-state index in [0.29, 0.717) is 16.6 Å². The van der Waals surface area contributed by atoms with E-state index in [9.17, 15) is 9.18 Å². The van der Waals surface area contributed by atoms with E-state index in [-0.39, 0.29) is 17.5 Å². The van der Waals surface area contributed by atoms with Crippen LogP contribution in [0.4, 0.5) is 4.39 Å². The zero-order chi connectivity index (χ0) is 15.2. The Labute approximate surface area is 136 Å². The zero-order valence-electron chi connectivity index (χ0n) is 10.9. The van der Waals surface area contributed by atoms with E-state index in [1.807, 2.05) is 0 Å². The van der Waals surface area contributed by atoms with E-state index in [4.69, 9.17) is 23.2 Å². The molecule has 6 heteroatoms. The lowest BCUT2D eigenvalue weighted by molar-refractivity contribution is -0.118. The minimum atomic E-state index is -0.291. The highest BCUT2D eigenvalue weighted by atomic mass is 35.5. The molecule has 0 radical (unpaired) electrons. The SMILES string of the molecule is O=C(CSc1ccc(F)cc1)NCc1ccc(Cl)cc1Cl. The Kier molecular flexibility index (Phi) is 5.91. The molecule has 1 N–H and O–H groups in total. The van der Waals surface area contributed by atoms with E-state index in [1.54, 1.807) is 30.3 Å². The van der Waals surface area contributed by atoms with E-state index < -0.39 is 0 Å². The van der Waals surface area contributed by atoms with Gasteiger partial charge in [0.1, 0.15) is 5.82 Å². The molecular weight excluding hydrogens is 332 g/mol. The fourth-order valence-electron chi connectivity index (χ4n) is 1.59. The molecule has 0 aromatic heterocycles. The van der Waals surface area contributed by atoms with Crippen LogP contribution in [0.15, 0.2) is 47.4 Å². The molecule has 21 heavy (non-hydrogen) atoms. The van der Waals surface area contributed by atoms with Crippen LogP contribution in [0.5, 0.6) is 0 Å². The molecule has 2 rings (SSSR count). The summed E-state index contributed by atoms with van der Waals surface area (Å²) in [6.45, 7) is 0.346. The molecule has 1 amide bonds. The quantitative estimate of drug-likeness (QED) is 0.807. The van der Waals surface area contributed by atoms with Crippen molar-refractivity contribution in [3.8, 4) is 0 Å². The second-order valence-corrected chi connectivity index (χ2v) is 6.15. The Hall–Kier alpha value is -1.23. The van der Waals surface area contributed by atoms with Crippen LogP contribution in [0.3, 0.4) is 0 Å². The molecule has 2 aromatic rings. The zero-order valence-corrected chi connectivity index (χ0v) is 13.2. The Balaban J connectivity index is 1.80. The van der Waals surface area contributed by atoms with Crippen LogP contribution in [-0.2, 0) is 11.3 Å². The fourth-order valence-corrected chi connectivity index (χ4v) is 2.79. The van der Waals surface area contributed by atoms with Crippen LogP contribution in [0.2, 0.25) is 10.0 Å². The Morgan fingerprint density at radius 3 is 2.52 bits per heavy atom. The number of carbonyl (C=O) groups is 1. The maximum absolute atomic E-state index is 12.7. The van der Waals surface area contributed by atoms with Gasteiger partial charge in [-0.3, -0.25) is 4.79 Å². The van der Waals surface area contributed by atoms with Crippen LogP contribution >= 0.6 is 35.0 Å². The highest BCUT2D eigenvalue weighted by molar-refractivity contribution is 8.00. The monoisotopic (exact) mass is 343 g/mol. The number of benzene rings is 2. The first kappa shape index (κ1) is 16.1. The van der Waals surface area contributed by atoms with Gasteiger partial charge in [-0.2, -0.15) is 0 Å². The number of thioether (sulfide) groups is 1. The predicted octanol–water partition coefficient (Wildman–Crippen LogP) is 4.54. The Morgan fingerprint density at radius 2 is 1.86 bits per heavy atom. The van der Waals surface area contributed by atoms with E-state index >= 15 is 0 Å². The van der Waals surface area contributed by atoms with Gasteiger partial charge in [0.15, 0.2) is 0 Å². The average molecular weight is 344 g/mol. The summed E-state index contributed by atoms with van der Waals surface area (Å²) in [6.07, 6.45) is 0. The van der Waals surface area contributed by atoms with Gasteiger partial charge in [-0.25, -0.2) is 4.39 Å². The van der Waals surface area contributed by atoms with Gasteiger partial charge in [0, 0.05) is 21.5 Å². The van der Waals surface area contributed by atoms with Crippen LogP contribution in [0.1, 0.15) is 5.56 Å². The van der Waals surface area contributed by atoms with Gasteiger partial charge in [0.05, 0.1) is 5.75 Å². The molecule has 0 bridgehead atoms.